The number of rotatable bonds is 3. The Morgan fingerprint density at radius 2 is 1.18 bits per heavy atom. The lowest BCUT2D eigenvalue weighted by Gasteiger charge is -2.50. The van der Waals surface area contributed by atoms with Gasteiger partial charge in [-0.25, -0.2) is 0 Å². The zero-order valence-electron chi connectivity index (χ0n) is 25.9. The molecule has 0 spiro atoms. The molecule has 7 aromatic rings. The molecule has 2 atom stereocenters. The molecule has 9 rings (SSSR count). The molecule has 2 heterocycles. The number of hydrogen-bond donors (Lipinski definition) is 0. The summed E-state index contributed by atoms with van der Waals surface area (Å²) in [6.45, 7) is 5.02. The summed E-state index contributed by atoms with van der Waals surface area (Å²) in [6, 6.07) is 45.3. The van der Waals surface area contributed by atoms with E-state index in [4.69, 9.17) is 0 Å². The molecule has 0 bridgehead atoms. The molecule has 2 unspecified atom stereocenters. The van der Waals surface area contributed by atoms with E-state index >= 15 is 0 Å². The lowest BCUT2D eigenvalue weighted by molar-refractivity contribution is 0.195. The van der Waals surface area contributed by atoms with Crippen LogP contribution in [0.3, 0.4) is 0 Å². The van der Waals surface area contributed by atoms with Gasteiger partial charge in [-0.3, -0.25) is 4.98 Å². The molecule has 1 aromatic heterocycles. The van der Waals surface area contributed by atoms with E-state index in [0.717, 1.165) is 0 Å². The molecule has 1 saturated carbocycles. The lowest BCUT2D eigenvalue weighted by atomic mass is 9.61. The Hall–Kier alpha value is -4.95. The summed E-state index contributed by atoms with van der Waals surface area (Å²) < 4.78 is 0. The van der Waals surface area contributed by atoms with E-state index in [1.54, 1.807) is 0 Å². The van der Waals surface area contributed by atoms with Crippen LogP contribution in [-0.4, -0.2) is 10.5 Å². The maximum atomic E-state index is 4.35. The van der Waals surface area contributed by atoms with Gasteiger partial charge < -0.3 is 4.90 Å². The lowest BCUT2D eigenvalue weighted by Crippen LogP contribution is -2.54. The molecular formula is C43H36N2. The molecule has 0 N–H and O–H groups in total. The Kier molecular flexibility index (Phi) is 5.75. The van der Waals surface area contributed by atoms with E-state index in [2.05, 4.69) is 145 Å². The molecule has 6 aromatic carbocycles. The molecule has 2 nitrogen and oxygen atoms in total. The van der Waals surface area contributed by atoms with Gasteiger partial charge in [0, 0.05) is 29.2 Å². The van der Waals surface area contributed by atoms with Crippen molar-refractivity contribution >= 4 is 43.7 Å². The first kappa shape index (κ1) is 26.5. The molecule has 1 aliphatic carbocycles. The Balaban J connectivity index is 1.34. The van der Waals surface area contributed by atoms with Crippen molar-refractivity contribution in [2.24, 2.45) is 0 Å². The van der Waals surface area contributed by atoms with E-state index in [1.165, 1.54) is 97.2 Å². The third-order valence-corrected chi connectivity index (χ3v) is 11.3. The Morgan fingerprint density at radius 1 is 0.578 bits per heavy atom. The molecule has 2 heteroatoms. The second-order valence-electron chi connectivity index (χ2n) is 13.5. The van der Waals surface area contributed by atoms with Gasteiger partial charge in [0.15, 0.2) is 0 Å². The van der Waals surface area contributed by atoms with Gasteiger partial charge in [0.1, 0.15) is 0 Å². The summed E-state index contributed by atoms with van der Waals surface area (Å²) in [4.78, 5) is 6.98. The number of nitrogens with zero attached hydrogens (tertiary/aromatic N) is 2. The highest BCUT2D eigenvalue weighted by atomic mass is 15.3. The van der Waals surface area contributed by atoms with E-state index in [1.807, 2.05) is 12.4 Å². The van der Waals surface area contributed by atoms with Gasteiger partial charge in [0.25, 0.3) is 0 Å². The monoisotopic (exact) mass is 580 g/mol. The minimum Gasteiger partial charge on any atom is -0.334 e. The summed E-state index contributed by atoms with van der Waals surface area (Å²) in [6.07, 6.45) is 8.78. The minimum absolute atomic E-state index is 0.00984. The zero-order chi connectivity index (χ0) is 30.2. The summed E-state index contributed by atoms with van der Waals surface area (Å²) in [5.74, 6) is 0. The van der Waals surface area contributed by atoms with E-state index in [9.17, 15) is 0 Å². The number of fused-ring (bicyclic) bond motifs is 6. The van der Waals surface area contributed by atoms with E-state index in [0.29, 0.717) is 0 Å². The van der Waals surface area contributed by atoms with Gasteiger partial charge in [-0.15, -0.1) is 0 Å². The first-order valence-corrected chi connectivity index (χ1v) is 16.4. The van der Waals surface area contributed by atoms with Crippen molar-refractivity contribution in [3.63, 3.8) is 0 Å². The largest absolute Gasteiger partial charge is 0.334 e. The summed E-state index contributed by atoms with van der Waals surface area (Å²) in [5.41, 5.74) is 9.36. The van der Waals surface area contributed by atoms with Crippen LogP contribution in [0.1, 0.15) is 45.1 Å². The van der Waals surface area contributed by atoms with Crippen LogP contribution in [0.2, 0.25) is 0 Å². The Morgan fingerprint density at radius 3 is 1.89 bits per heavy atom. The van der Waals surface area contributed by atoms with Crippen LogP contribution < -0.4 is 4.90 Å². The fraction of sp³-hybridized carbons (Fsp3) is 0.186. The second-order valence-corrected chi connectivity index (χ2v) is 13.5. The topological polar surface area (TPSA) is 16.1 Å². The molecule has 45 heavy (non-hydrogen) atoms. The third-order valence-electron chi connectivity index (χ3n) is 11.3. The first-order chi connectivity index (χ1) is 22.1. The van der Waals surface area contributed by atoms with Gasteiger partial charge in [0.05, 0.1) is 5.54 Å². The highest BCUT2D eigenvalue weighted by molar-refractivity contribution is 6.23. The molecule has 218 valence electrons. The van der Waals surface area contributed by atoms with Crippen LogP contribution in [0.25, 0.3) is 54.6 Å². The summed E-state index contributed by atoms with van der Waals surface area (Å²) in [7, 11) is 0. The van der Waals surface area contributed by atoms with Crippen molar-refractivity contribution in [2.75, 3.05) is 4.90 Å². The number of aromatic nitrogens is 1. The molecule has 0 amide bonds. The zero-order valence-corrected chi connectivity index (χ0v) is 25.9. The third kappa shape index (κ3) is 3.66. The van der Waals surface area contributed by atoms with Crippen LogP contribution in [0.15, 0.2) is 134 Å². The maximum absolute atomic E-state index is 4.35. The van der Waals surface area contributed by atoms with Crippen molar-refractivity contribution in [3.8, 4) is 22.3 Å². The number of benzene rings is 6. The van der Waals surface area contributed by atoms with Crippen molar-refractivity contribution in [1.29, 1.82) is 0 Å². The van der Waals surface area contributed by atoms with Crippen molar-refractivity contribution in [1.82, 2.24) is 4.98 Å². The normalized spacial score (nSPS) is 20.9. The SMILES string of the molecule is CC12CCCCC1(C)N(c1ccncc1)c1ccc(-c3c4ccccc4c(-c4cccc5ccccc45)c4ccccc34)cc12. The predicted octanol–water partition coefficient (Wildman–Crippen LogP) is 11.6. The first-order valence-electron chi connectivity index (χ1n) is 16.4. The van der Waals surface area contributed by atoms with Crippen molar-refractivity contribution < 1.29 is 0 Å². The Bertz CT molecular complexity index is 2210. The van der Waals surface area contributed by atoms with Crippen LogP contribution in [0.4, 0.5) is 11.4 Å². The molecule has 0 saturated heterocycles. The maximum Gasteiger partial charge on any atom is 0.0517 e. The average Bonchev–Trinajstić information content (AvgIpc) is 3.30. The highest BCUT2D eigenvalue weighted by Gasteiger charge is 2.57. The Labute approximate surface area is 265 Å². The van der Waals surface area contributed by atoms with Gasteiger partial charge >= 0.3 is 0 Å². The predicted molar refractivity (Wildman–Crippen MR) is 190 cm³/mol. The van der Waals surface area contributed by atoms with Crippen LogP contribution in [0, 0.1) is 0 Å². The van der Waals surface area contributed by atoms with Gasteiger partial charge in [-0.2, -0.15) is 0 Å². The van der Waals surface area contributed by atoms with Crippen LogP contribution >= 0.6 is 0 Å². The van der Waals surface area contributed by atoms with Crippen molar-refractivity contribution in [2.45, 2.75) is 50.5 Å². The van der Waals surface area contributed by atoms with E-state index < -0.39 is 0 Å². The summed E-state index contributed by atoms with van der Waals surface area (Å²) >= 11 is 0. The van der Waals surface area contributed by atoms with Gasteiger partial charge in [-0.1, -0.05) is 117 Å². The summed E-state index contributed by atoms with van der Waals surface area (Å²) in [5, 5.41) is 7.78. The fourth-order valence-electron chi connectivity index (χ4n) is 8.96. The van der Waals surface area contributed by atoms with E-state index in [-0.39, 0.29) is 11.0 Å². The average molecular weight is 581 g/mol. The smallest absolute Gasteiger partial charge is 0.0517 e. The molecule has 0 radical (unpaired) electrons. The molecule has 2 aliphatic rings. The standard InChI is InChI=1S/C43H36N2/c1-42-24-9-10-25-43(42,2)45(31-22-26-44-27-23-31)39-21-20-30(28-38(39)42)40-34-15-5-7-17-36(34)41(37-18-8-6-16-35(37)40)33-19-11-13-29-12-3-4-14-32(29)33/h3-8,11-23,26-28H,9-10,24-25H2,1-2H3. The quantitative estimate of drug-likeness (QED) is 0.193. The van der Waals surface area contributed by atoms with Gasteiger partial charge in [0.2, 0.25) is 0 Å². The van der Waals surface area contributed by atoms with Crippen molar-refractivity contribution in [3.05, 3.63) is 139 Å². The molecule has 1 fully saturated rings. The van der Waals surface area contributed by atoms with Gasteiger partial charge in [-0.05, 0) is 104 Å². The minimum atomic E-state index is 0.00984. The number of hydrogen-bond acceptors (Lipinski definition) is 2. The molecule has 1 aliphatic heterocycles. The van der Waals surface area contributed by atoms with Crippen LogP contribution in [0.5, 0.6) is 0 Å². The number of pyridine rings is 1. The number of anilines is 2. The molecular weight excluding hydrogens is 544 g/mol. The highest BCUT2D eigenvalue weighted by Crippen LogP contribution is 2.61. The second kappa shape index (κ2) is 9.78. The van der Waals surface area contributed by atoms with Crippen LogP contribution in [-0.2, 0) is 5.41 Å². The fourth-order valence-corrected chi connectivity index (χ4v) is 8.96.